The first-order chi connectivity index (χ1) is 8.75. The van der Waals surface area contributed by atoms with Crippen molar-refractivity contribution in [3.05, 3.63) is 29.6 Å². The van der Waals surface area contributed by atoms with Crippen LogP contribution >= 0.6 is 11.5 Å². The molecule has 4 aromatic rings. The molecule has 4 aromatic heterocycles. The van der Waals surface area contributed by atoms with Crippen LogP contribution in [-0.4, -0.2) is 14.3 Å². The normalized spacial score (nSPS) is 11.9. The van der Waals surface area contributed by atoms with Gasteiger partial charge in [-0.2, -0.15) is 4.37 Å². The average molecular weight is 255 g/mol. The van der Waals surface area contributed by atoms with Gasteiger partial charge in [0.25, 0.3) is 0 Å². The molecule has 5 heteroatoms. The van der Waals surface area contributed by atoms with Crippen LogP contribution in [0.2, 0.25) is 0 Å². The van der Waals surface area contributed by atoms with E-state index in [9.17, 15) is 0 Å². The van der Waals surface area contributed by atoms with E-state index in [4.69, 9.17) is 4.42 Å². The highest BCUT2D eigenvalue weighted by atomic mass is 32.1. The standard InChI is InChI=1S/C13H9N3OS/c1-6-9-7(2)16-18-13(9)15-10-8-4-3-5-14-12(8)17-11(6)10/h3-5H,1-2H3. The summed E-state index contributed by atoms with van der Waals surface area (Å²) in [5, 5.41) is 2.06. The molecule has 0 aliphatic heterocycles. The van der Waals surface area contributed by atoms with Gasteiger partial charge in [0.1, 0.15) is 10.3 Å². The van der Waals surface area contributed by atoms with Crippen molar-refractivity contribution in [3.8, 4) is 0 Å². The minimum absolute atomic E-state index is 0.645. The molecule has 0 aromatic carbocycles. The first kappa shape index (κ1) is 9.96. The van der Waals surface area contributed by atoms with Crippen LogP contribution in [0.1, 0.15) is 11.3 Å². The summed E-state index contributed by atoms with van der Waals surface area (Å²) < 4.78 is 10.2. The minimum atomic E-state index is 0.645. The fourth-order valence-corrected chi connectivity index (χ4v) is 3.20. The maximum Gasteiger partial charge on any atom is 0.228 e. The molecule has 0 saturated carbocycles. The molecule has 0 bridgehead atoms. The van der Waals surface area contributed by atoms with Crippen molar-refractivity contribution in [1.29, 1.82) is 0 Å². The van der Waals surface area contributed by atoms with E-state index >= 15 is 0 Å². The van der Waals surface area contributed by atoms with E-state index < -0.39 is 0 Å². The Bertz CT molecular complexity index is 907. The van der Waals surface area contributed by atoms with Crippen molar-refractivity contribution in [2.24, 2.45) is 0 Å². The predicted octanol–water partition coefficient (Wildman–Crippen LogP) is 3.60. The lowest BCUT2D eigenvalue weighted by Gasteiger charge is -1.97. The molecule has 0 atom stereocenters. The lowest BCUT2D eigenvalue weighted by molar-refractivity contribution is 0.651. The molecule has 0 radical (unpaired) electrons. The van der Waals surface area contributed by atoms with Crippen LogP contribution in [0.25, 0.3) is 32.4 Å². The Kier molecular flexibility index (Phi) is 1.81. The SMILES string of the molecule is Cc1nsc2nc3c(oc4ncccc43)c(C)c12. The number of aryl methyl sites for hydroxylation is 2. The summed E-state index contributed by atoms with van der Waals surface area (Å²) in [6, 6.07) is 3.89. The topological polar surface area (TPSA) is 51.8 Å². The number of fused-ring (bicyclic) bond motifs is 4. The Labute approximate surface area is 106 Å². The quantitative estimate of drug-likeness (QED) is 0.481. The van der Waals surface area contributed by atoms with Crippen molar-refractivity contribution in [3.63, 3.8) is 0 Å². The summed E-state index contributed by atoms with van der Waals surface area (Å²) in [5.41, 5.74) is 4.45. The number of hydrogen-bond acceptors (Lipinski definition) is 5. The molecule has 18 heavy (non-hydrogen) atoms. The molecule has 0 saturated heterocycles. The fraction of sp³-hybridized carbons (Fsp3) is 0.154. The second kappa shape index (κ2) is 3.26. The van der Waals surface area contributed by atoms with Crippen LogP contribution in [0, 0.1) is 13.8 Å². The van der Waals surface area contributed by atoms with Gasteiger partial charge in [0.15, 0.2) is 5.58 Å². The van der Waals surface area contributed by atoms with Gasteiger partial charge in [-0.3, -0.25) is 0 Å². The minimum Gasteiger partial charge on any atom is -0.436 e. The van der Waals surface area contributed by atoms with Gasteiger partial charge in [-0.1, -0.05) is 0 Å². The maximum atomic E-state index is 5.82. The van der Waals surface area contributed by atoms with Crippen molar-refractivity contribution in [2.45, 2.75) is 13.8 Å². The van der Waals surface area contributed by atoms with Crippen LogP contribution in [0.5, 0.6) is 0 Å². The van der Waals surface area contributed by atoms with E-state index in [1.165, 1.54) is 11.5 Å². The smallest absolute Gasteiger partial charge is 0.228 e. The molecule has 0 unspecified atom stereocenters. The molecule has 0 spiro atoms. The van der Waals surface area contributed by atoms with Crippen LogP contribution in [-0.2, 0) is 0 Å². The molecule has 0 amide bonds. The fourth-order valence-electron chi connectivity index (χ4n) is 2.37. The Morgan fingerprint density at radius 1 is 1.28 bits per heavy atom. The van der Waals surface area contributed by atoms with Gasteiger partial charge in [-0.15, -0.1) is 0 Å². The van der Waals surface area contributed by atoms with Crippen LogP contribution in [0.15, 0.2) is 22.7 Å². The molecular formula is C13H9N3OS. The van der Waals surface area contributed by atoms with Crippen molar-refractivity contribution < 1.29 is 4.42 Å². The average Bonchev–Trinajstić information content (AvgIpc) is 2.92. The van der Waals surface area contributed by atoms with Gasteiger partial charge in [0, 0.05) is 17.1 Å². The second-order valence-electron chi connectivity index (χ2n) is 4.32. The highest BCUT2D eigenvalue weighted by molar-refractivity contribution is 7.13. The second-order valence-corrected chi connectivity index (χ2v) is 5.07. The van der Waals surface area contributed by atoms with Gasteiger partial charge in [-0.25, -0.2) is 9.97 Å². The first-order valence-electron chi connectivity index (χ1n) is 5.65. The van der Waals surface area contributed by atoms with E-state index in [2.05, 4.69) is 21.3 Å². The van der Waals surface area contributed by atoms with Gasteiger partial charge in [0.05, 0.1) is 11.1 Å². The Balaban J connectivity index is 2.34. The van der Waals surface area contributed by atoms with Gasteiger partial charge in [-0.05, 0) is 37.5 Å². The highest BCUT2D eigenvalue weighted by Gasteiger charge is 2.16. The highest BCUT2D eigenvalue weighted by Crippen LogP contribution is 2.34. The Morgan fingerprint density at radius 3 is 3.06 bits per heavy atom. The summed E-state index contributed by atoms with van der Waals surface area (Å²) in [5.74, 6) is 0. The number of furan rings is 1. The van der Waals surface area contributed by atoms with Gasteiger partial charge >= 0.3 is 0 Å². The molecule has 0 fully saturated rings. The number of hydrogen-bond donors (Lipinski definition) is 0. The molecular weight excluding hydrogens is 246 g/mol. The zero-order valence-corrected chi connectivity index (χ0v) is 10.7. The molecule has 4 rings (SSSR count). The monoisotopic (exact) mass is 255 g/mol. The van der Waals surface area contributed by atoms with E-state index in [-0.39, 0.29) is 0 Å². The number of aromatic nitrogens is 3. The molecule has 4 nitrogen and oxygen atoms in total. The van der Waals surface area contributed by atoms with Gasteiger partial charge < -0.3 is 4.42 Å². The number of pyridine rings is 2. The lowest BCUT2D eigenvalue weighted by atomic mass is 10.1. The van der Waals surface area contributed by atoms with E-state index in [0.717, 1.165) is 38.0 Å². The lowest BCUT2D eigenvalue weighted by Crippen LogP contribution is -1.82. The summed E-state index contributed by atoms with van der Waals surface area (Å²) in [7, 11) is 0. The Hall–Kier alpha value is -2.01. The summed E-state index contributed by atoms with van der Waals surface area (Å²) >= 11 is 1.43. The number of rotatable bonds is 0. The third-order valence-corrected chi connectivity index (χ3v) is 4.05. The molecule has 4 heterocycles. The summed E-state index contributed by atoms with van der Waals surface area (Å²) in [6.45, 7) is 4.05. The Morgan fingerprint density at radius 2 is 2.17 bits per heavy atom. The third kappa shape index (κ3) is 1.12. The van der Waals surface area contributed by atoms with Crippen LogP contribution in [0.4, 0.5) is 0 Å². The zero-order valence-electron chi connectivity index (χ0n) is 9.89. The predicted molar refractivity (Wildman–Crippen MR) is 72.0 cm³/mol. The zero-order chi connectivity index (χ0) is 12.3. The molecule has 88 valence electrons. The summed E-state index contributed by atoms with van der Waals surface area (Å²) in [6.07, 6.45) is 1.73. The molecule has 0 aliphatic carbocycles. The summed E-state index contributed by atoms with van der Waals surface area (Å²) in [4.78, 5) is 9.87. The van der Waals surface area contributed by atoms with E-state index in [1.807, 2.05) is 19.1 Å². The molecule has 0 N–H and O–H groups in total. The van der Waals surface area contributed by atoms with Gasteiger partial charge in [0.2, 0.25) is 5.71 Å². The van der Waals surface area contributed by atoms with E-state index in [0.29, 0.717) is 5.71 Å². The van der Waals surface area contributed by atoms with Crippen molar-refractivity contribution in [2.75, 3.05) is 0 Å². The largest absolute Gasteiger partial charge is 0.436 e. The van der Waals surface area contributed by atoms with E-state index in [1.54, 1.807) is 6.20 Å². The van der Waals surface area contributed by atoms with Crippen LogP contribution in [0.3, 0.4) is 0 Å². The first-order valence-corrected chi connectivity index (χ1v) is 6.43. The number of nitrogens with zero attached hydrogens (tertiary/aromatic N) is 3. The molecule has 0 aliphatic rings. The maximum absolute atomic E-state index is 5.82. The van der Waals surface area contributed by atoms with Crippen LogP contribution < -0.4 is 0 Å². The van der Waals surface area contributed by atoms with Crippen molar-refractivity contribution in [1.82, 2.24) is 14.3 Å². The third-order valence-electron chi connectivity index (χ3n) is 3.21. The van der Waals surface area contributed by atoms with Crippen molar-refractivity contribution >= 4 is 43.9 Å².